The summed E-state index contributed by atoms with van der Waals surface area (Å²) in [5, 5.41) is 10.4. The number of nitrogens with one attached hydrogen (secondary N) is 1. The van der Waals surface area contributed by atoms with E-state index in [9.17, 15) is 9.59 Å². The van der Waals surface area contributed by atoms with Gasteiger partial charge in [0, 0.05) is 7.05 Å². The molecule has 0 bridgehead atoms. The predicted molar refractivity (Wildman–Crippen MR) is 79.7 cm³/mol. The average molecular weight is 298 g/mol. The number of aryl methyl sites for hydroxylation is 1. The SMILES string of the molecule is CNC(=O)Cn1cnc2c(nnn2-c2cccc(C)c2)c1=O. The van der Waals surface area contributed by atoms with Crippen LogP contribution in [0.3, 0.4) is 0 Å². The average Bonchev–Trinajstić information content (AvgIpc) is 2.94. The van der Waals surface area contributed by atoms with Crippen molar-refractivity contribution < 1.29 is 4.79 Å². The number of hydrogen-bond acceptors (Lipinski definition) is 5. The van der Waals surface area contributed by atoms with Gasteiger partial charge in [0.1, 0.15) is 12.9 Å². The first-order chi connectivity index (χ1) is 10.6. The van der Waals surface area contributed by atoms with E-state index >= 15 is 0 Å². The van der Waals surface area contributed by atoms with Crippen molar-refractivity contribution in [3.8, 4) is 5.69 Å². The standard InChI is InChI=1S/C14H14N6O2/c1-9-4-3-5-10(6-9)20-13-12(17-18-20)14(22)19(8-16-13)7-11(21)15-2/h3-6,8H,7H2,1-2H3,(H,15,21). The summed E-state index contributed by atoms with van der Waals surface area (Å²) in [5.41, 5.74) is 1.94. The molecule has 0 atom stereocenters. The van der Waals surface area contributed by atoms with E-state index in [1.54, 1.807) is 0 Å². The lowest BCUT2D eigenvalue weighted by atomic mass is 10.2. The Hall–Kier alpha value is -3.03. The Morgan fingerprint density at radius 1 is 1.36 bits per heavy atom. The molecule has 1 aromatic carbocycles. The van der Waals surface area contributed by atoms with E-state index in [4.69, 9.17) is 0 Å². The Morgan fingerprint density at radius 3 is 2.91 bits per heavy atom. The highest BCUT2D eigenvalue weighted by atomic mass is 16.2. The second-order valence-electron chi connectivity index (χ2n) is 4.86. The molecule has 0 aliphatic carbocycles. The highest BCUT2D eigenvalue weighted by Crippen LogP contribution is 2.13. The Balaban J connectivity index is 2.12. The van der Waals surface area contributed by atoms with Crippen molar-refractivity contribution in [2.45, 2.75) is 13.5 Å². The number of benzene rings is 1. The van der Waals surface area contributed by atoms with Crippen LogP contribution in [0, 0.1) is 6.92 Å². The third kappa shape index (κ3) is 2.34. The summed E-state index contributed by atoms with van der Waals surface area (Å²) < 4.78 is 2.71. The zero-order valence-corrected chi connectivity index (χ0v) is 12.1. The van der Waals surface area contributed by atoms with Crippen LogP contribution in [0.1, 0.15) is 5.56 Å². The van der Waals surface area contributed by atoms with E-state index in [1.165, 1.54) is 22.6 Å². The fraction of sp³-hybridized carbons (Fsp3) is 0.214. The molecule has 3 aromatic rings. The lowest BCUT2D eigenvalue weighted by molar-refractivity contribution is -0.121. The molecule has 0 aliphatic rings. The number of likely N-dealkylation sites (N-methyl/N-ethyl adjacent to an activating group) is 1. The van der Waals surface area contributed by atoms with Crippen molar-refractivity contribution in [1.29, 1.82) is 0 Å². The number of carbonyl (C=O) groups excluding carboxylic acids is 1. The Morgan fingerprint density at radius 2 is 2.18 bits per heavy atom. The number of aromatic nitrogens is 5. The maximum Gasteiger partial charge on any atom is 0.284 e. The zero-order valence-electron chi connectivity index (χ0n) is 12.1. The van der Waals surface area contributed by atoms with Crippen LogP contribution in [-0.4, -0.2) is 37.5 Å². The van der Waals surface area contributed by atoms with Gasteiger partial charge in [0.05, 0.1) is 5.69 Å². The maximum atomic E-state index is 12.3. The number of fused-ring (bicyclic) bond motifs is 1. The molecule has 3 rings (SSSR count). The highest BCUT2D eigenvalue weighted by Gasteiger charge is 2.14. The van der Waals surface area contributed by atoms with Gasteiger partial charge in [-0.3, -0.25) is 14.2 Å². The van der Waals surface area contributed by atoms with Crippen molar-refractivity contribution >= 4 is 17.1 Å². The molecule has 0 unspecified atom stereocenters. The van der Waals surface area contributed by atoms with Crippen molar-refractivity contribution in [2.24, 2.45) is 0 Å². The molecule has 112 valence electrons. The summed E-state index contributed by atoms with van der Waals surface area (Å²) in [5.74, 6) is -0.283. The largest absolute Gasteiger partial charge is 0.358 e. The van der Waals surface area contributed by atoms with E-state index in [1.807, 2.05) is 31.2 Å². The fourth-order valence-corrected chi connectivity index (χ4v) is 2.12. The second-order valence-corrected chi connectivity index (χ2v) is 4.86. The van der Waals surface area contributed by atoms with E-state index in [-0.39, 0.29) is 18.0 Å². The molecular weight excluding hydrogens is 284 g/mol. The Bertz CT molecular complexity index is 911. The van der Waals surface area contributed by atoms with Gasteiger partial charge in [0.25, 0.3) is 5.56 Å². The molecule has 0 fully saturated rings. The molecule has 22 heavy (non-hydrogen) atoms. The summed E-state index contributed by atoms with van der Waals surface area (Å²) >= 11 is 0. The first-order valence-corrected chi connectivity index (χ1v) is 6.68. The first-order valence-electron chi connectivity index (χ1n) is 6.68. The van der Waals surface area contributed by atoms with Gasteiger partial charge in [0.15, 0.2) is 11.2 Å². The van der Waals surface area contributed by atoms with Crippen LogP contribution >= 0.6 is 0 Å². The number of amides is 1. The van der Waals surface area contributed by atoms with Crippen molar-refractivity contribution in [1.82, 2.24) is 29.9 Å². The highest BCUT2D eigenvalue weighted by molar-refractivity contribution is 5.76. The van der Waals surface area contributed by atoms with Gasteiger partial charge in [-0.1, -0.05) is 17.3 Å². The Labute approximate surface area is 125 Å². The van der Waals surface area contributed by atoms with Crippen LogP contribution in [0.5, 0.6) is 0 Å². The van der Waals surface area contributed by atoms with E-state index in [0.29, 0.717) is 5.65 Å². The molecule has 0 aliphatic heterocycles. The van der Waals surface area contributed by atoms with Crippen LogP contribution in [0.25, 0.3) is 16.9 Å². The van der Waals surface area contributed by atoms with Crippen LogP contribution in [0.2, 0.25) is 0 Å². The van der Waals surface area contributed by atoms with Gasteiger partial charge < -0.3 is 5.32 Å². The fourth-order valence-electron chi connectivity index (χ4n) is 2.12. The molecule has 0 saturated carbocycles. The van der Waals surface area contributed by atoms with Gasteiger partial charge in [-0.05, 0) is 24.6 Å². The number of rotatable bonds is 3. The third-order valence-electron chi connectivity index (χ3n) is 3.27. The lowest BCUT2D eigenvalue weighted by Crippen LogP contribution is -2.30. The van der Waals surface area contributed by atoms with Gasteiger partial charge in [-0.2, -0.15) is 4.68 Å². The lowest BCUT2D eigenvalue weighted by Gasteiger charge is -2.05. The van der Waals surface area contributed by atoms with Crippen LogP contribution < -0.4 is 10.9 Å². The van der Waals surface area contributed by atoms with Gasteiger partial charge >= 0.3 is 0 Å². The van der Waals surface area contributed by atoms with E-state index < -0.39 is 5.56 Å². The van der Waals surface area contributed by atoms with Gasteiger partial charge in [-0.25, -0.2) is 4.98 Å². The molecule has 1 N–H and O–H groups in total. The van der Waals surface area contributed by atoms with Crippen molar-refractivity contribution in [3.63, 3.8) is 0 Å². The molecule has 8 heteroatoms. The minimum absolute atomic E-state index is 0.102. The first kappa shape index (κ1) is 13.9. The molecule has 0 radical (unpaired) electrons. The van der Waals surface area contributed by atoms with E-state index in [2.05, 4.69) is 20.6 Å². The molecule has 1 amide bonds. The van der Waals surface area contributed by atoms with Gasteiger partial charge in [0.2, 0.25) is 5.91 Å². The Kier molecular flexibility index (Phi) is 3.42. The zero-order chi connectivity index (χ0) is 15.7. The topological polar surface area (TPSA) is 94.7 Å². The number of hydrogen-bond donors (Lipinski definition) is 1. The van der Waals surface area contributed by atoms with Crippen molar-refractivity contribution in [3.05, 3.63) is 46.5 Å². The minimum atomic E-state index is -0.396. The quantitative estimate of drug-likeness (QED) is 0.736. The van der Waals surface area contributed by atoms with Crippen LogP contribution in [0.15, 0.2) is 35.4 Å². The monoisotopic (exact) mass is 298 g/mol. The van der Waals surface area contributed by atoms with Gasteiger partial charge in [-0.15, -0.1) is 5.10 Å². The summed E-state index contributed by atoms with van der Waals surface area (Å²) in [4.78, 5) is 27.9. The molecule has 0 spiro atoms. The third-order valence-corrected chi connectivity index (χ3v) is 3.27. The summed E-state index contributed by atoms with van der Waals surface area (Å²) in [6, 6.07) is 7.64. The summed E-state index contributed by atoms with van der Waals surface area (Å²) in [6.07, 6.45) is 1.33. The normalized spacial score (nSPS) is 10.8. The summed E-state index contributed by atoms with van der Waals surface area (Å²) in [7, 11) is 1.51. The minimum Gasteiger partial charge on any atom is -0.358 e. The molecular formula is C14H14N6O2. The molecule has 2 heterocycles. The molecule has 0 saturated heterocycles. The second kappa shape index (κ2) is 5.40. The predicted octanol–water partition coefficient (Wildman–Crippen LogP) is 0.0316. The number of nitrogens with zero attached hydrogens (tertiary/aromatic N) is 5. The van der Waals surface area contributed by atoms with Crippen molar-refractivity contribution in [2.75, 3.05) is 7.05 Å². The van der Waals surface area contributed by atoms with Crippen LogP contribution in [0.4, 0.5) is 0 Å². The molecule has 2 aromatic heterocycles. The number of carbonyl (C=O) groups is 1. The summed E-state index contributed by atoms with van der Waals surface area (Å²) in [6.45, 7) is 1.86. The van der Waals surface area contributed by atoms with E-state index in [0.717, 1.165) is 11.3 Å². The maximum absolute atomic E-state index is 12.3. The molecule has 8 nitrogen and oxygen atoms in total. The smallest absolute Gasteiger partial charge is 0.284 e. The van der Waals surface area contributed by atoms with Crippen LogP contribution in [-0.2, 0) is 11.3 Å².